The first kappa shape index (κ1) is 39.1. The Morgan fingerprint density at radius 1 is 0.611 bits per heavy atom. The van der Waals surface area contributed by atoms with Gasteiger partial charge >= 0.3 is 5.97 Å². The Kier molecular flexibility index (Phi) is 11.3. The Labute approximate surface area is 337 Å². The third-order valence-electron chi connectivity index (χ3n) is 9.68. The number of carbonyl (C=O) groups excluding carboxylic acids is 1. The summed E-state index contributed by atoms with van der Waals surface area (Å²) in [6, 6.07) is 28.0. The Balaban J connectivity index is 1.78. The monoisotopic (exact) mass is 800 g/mol. The molecule has 54 heavy (non-hydrogen) atoms. The third-order valence-corrected chi connectivity index (χ3v) is 11.5. The number of ether oxygens (including phenoxy) is 3. The summed E-state index contributed by atoms with van der Waals surface area (Å²) in [6.45, 7) is 4.02. The number of fused-ring (bicyclic) bond motifs is 1. The van der Waals surface area contributed by atoms with Gasteiger partial charge in [0, 0.05) is 45.1 Å². The quantitative estimate of drug-likeness (QED) is 0.0796. The number of hydrogen-bond acceptors (Lipinski definition) is 6. The Bertz CT molecular complexity index is 2190. The van der Waals surface area contributed by atoms with Crippen LogP contribution in [-0.4, -0.2) is 48.4 Å². The molecule has 0 atom stereocenters. The highest BCUT2D eigenvalue weighted by Gasteiger charge is 2.48. The average Bonchev–Trinajstić information content (AvgIpc) is 3.45. The van der Waals surface area contributed by atoms with E-state index < -0.39 is 11.6 Å². The van der Waals surface area contributed by atoms with Crippen LogP contribution in [0.1, 0.15) is 49.3 Å². The van der Waals surface area contributed by atoms with Crippen LogP contribution in [0.2, 0.25) is 20.1 Å². The first-order valence-electron chi connectivity index (χ1n) is 17.1. The van der Waals surface area contributed by atoms with E-state index in [9.17, 15) is 4.79 Å². The van der Waals surface area contributed by atoms with Gasteiger partial charge in [0.05, 0.1) is 39.9 Å². The third kappa shape index (κ3) is 7.28. The summed E-state index contributed by atoms with van der Waals surface area (Å²) in [6.07, 6.45) is 3.85. The van der Waals surface area contributed by atoms with Gasteiger partial charge in [-0.15, -0.1) is 0 Å². The lowest BCUT2D eigenvalue weighted by atomic mass is 9.82. The van der Waals surface area contributed by atoms with Crippen LogP contribution >= 0.6 is 46.4 Å². The van der Waals surface area contributed by atoms with Crippen molar-refractivity contribution in [1.29, 1.82) is 0 Å². The minimum atomic E-state index is -1.65. The van der Waals surface area contributed by atoms with E-state index in [1.54, 1.807) is 14.2 Å². The predicted molar refractivity (Wildman–Crippen MR) is 225 cm³/mol. The van der Waals surface area contributed by atoms with E-state index in [4.69, 9.17) is 60.6 Å². The highest BCUT2D eigenvalue weighted by molar-refractivity contribution is 6.53. The Morgan fingerprint density at radius 3 is 1.39 bits per heavy atom. The number of benzene rings is 5. The van der Waals surface area contributed by atoms with Gasteiger partial charge in [-0.25, -0.2) is 4.79 Å². The molecule has 0 bridgehead atoms. The number of halogens is 4. The second-order valence-electron chi connectivity index (χ2n) is 13.5. The number of aryl methyl sites for hydroxylation is 2. The van der Waals surface area contributed by atoms with Crippen molar-refractivity contribution in [3.8, 4) is 11.5 Å². The van der Waals surface area contributed by atoms with Gasteiger partial charge in [-0.1, -0.05) is 82.8 Å². The molecule has 0 aliphatic carbocycles. The van der Waals surface area contributed by atoms with E-state index in [2.05, 4.69) is 0 Å². The summed E-state index contributed by atoms with van der Waals surface area (Å²) in [4.78, 5) is 18.3. The number of anilines is 2. The SMILES string of the molecule is COc1ccc(/C(=C\C2(/C=C(/c3ccc(N(C)C)cc3)c3ccc(OC)cc3C)OC(=O)c3c(Cl)c(Cl)c(Cl)c(Cl)c32)c2ccc(N(C)C)cc2)c(C)c1. The molecule has 1 aliphatic heterocycles. The minimum absolute atomic E-state index is 0.0154. The van der Waals surface area contributed by atoms with Crippen LogP contribution in [0.4, 0.5) is 11.4 Å². The van der Waals surface area contributed by atoms with E-state index in [1.165, 1.54) is 0 Å². The normalized spacial score (nSPS) is 15.5. The van der Waals surface area contributed by atoms with Gasteiger partial charge in [0.2, 0.25) is 0 Å². The topological polar surface area (TPSA) is 51.2 Å². The number of rotatable bonds is 10. The number of esters is 1. The van der Waals surface area contributed by atoms with Crippen molar-refractivity contribution in [1.82, 2.24) is 0 Å². The molecule has 0 fully saturated rings. The van der Waals surface area contributed by atoms with E-state index >= 15 is 0 Å². The van der Waals surface area contributed by atoms with Gasteiger partial charge in [0.25, 0.3) is 0 Å². The number of hydrogen-bond donors (Lipinski definition) is 0. The molecule has 278 valence electrons. The highest BCUT2D eigenvalue weighted by atomic mass is 35.5. The molecule has 0 N–H and O–H groups in total. The van der Waals surface area contributed by atoms with Crippen LogP contribution in [-0.2, 0) is 10.3 Å². The van der Waals surface area contributed by atoms with Gasteiger partial charge in [0.15, 0.2) is 5.60 Å². The zero-order chi connectivity index (χ0) is 39.1. The van der Waals surface area contributed by atoms with Crippen LogP contribution in [0.25, 0.3) is 11.1 Å². The van der Waals surface area contributed by atoms with E-state index in [0.29, 0.717) is 11.5 Å². The van der Waals surface area contributed by atoms with Crippen LogP contribution in [0.15, 0.2) is 97.1 Å². The molecule has 0 radical (unpaired) electrons. The van der Waals surface area contributed by atoms with Crippen LogP contribution in [0.5, 0.6) is 11.5 Å². The summed E-state index contributed by atoms with van der Waals surface area (Å²) in [5, 5.41) is 0.00655. The molecule has 6 nitrogen and oxygen atoms in total. The standard InChI is InChI=1S/C44H40Cl4N2O4/c1-25-21-31(52-7)17-19-33(25)35(27-9-13-29(14-10-27)49(3)4)23-44(38-37(43(51)54-44)39(45)41(47)42(48)40(38)46)24-36(28-11-15-30(16-12-28)50(5)6)34-20-18-32(53-8)22-26(34)2/h9-24H,1-8H3/b35-23-,36-24-. The largest absolute Gasteiger partial charge is 0.497 e. The number of carbonyl (C=O) groups is 1. The molecule has 10 heteroatoms. The van der Waals surface area contributed by atoms with Crippen LogP contribution < -0.4 is 19.3 Å². The Hall–Kier alpha value is -4.59. The number of methoxy groups -OCH3 is 2. The van der Waals surface area contributed by atoms with E-state index in [1.807, 2.05) is 149 Å². The zero-order valence-corrected chi connectivity index (χ0v) is 34.3. The summed E-state index contributed by atoms with van der Waals surface area (Å²) >= 11 is 27.4. The molecule has 5 aromatic carbocycles. The maximum Gasteiger partial charge on any atom is 0.341 e. The van der Waals surface area contributed by atoms with Crippen molar-refractivity contribution in [3.63, 3.8) is 0 Å². The lowest BCUT2D eigenvalue weighted by molar-refractivity contribution is 0.0300. The van der Waals surface area contributed by atoms with E-state index in [-0.39, 0.29) is 31.2 Å². The molecule has 1 aliphatic rings. The molecule has 1 heterocycles. The molecule has 0 amide bonds. The summed E-state index contributed by atoms with van der Waals surface area (Å²) in [5.41, 5.74) is 7.63. The predicted octanol–water partition coefficient (Wildman–Crippen LogP) is 11.7. The van der Waals surface area contributed by atoms with Gasteiger partial charge in [-0.05, 0) is 119 Å². The van der Waals surface area contributed by atoms with E-state index in [0.717, 1.165) is 55.9 Å². The fourth-order valence-corrected chi connectivity index (χ4v) is 7.84. The van der Waals surface area contributed by atoms with Crippen LogP contribution in [0, 0.1) is 13.8 Å². The van der Waals surface area contributed by atoms with Crippen molar-refractivity contribution in [2.24, 2.45) is 0 Å². The second kappa shape index (κ2) is 15.6. The smallest absolute Gasteiger partial charge is 0.341 e. The minimum Gasteiger partial charge on any atom is -0.497 e. The second-order valence-corrected chi connectivity index (χ2v) is 15.1. The fraction of sp³-hybridized carbons (Fsp3) is 0.205. The maximum absolute atomic E-state index is 14.2. The van der Waals surface area contributed by atoms with Crippen LogP contribution in [0.3, 0.4) is 0 Å². The van der Waals surface area contributed by atoms with Crippen molar-refractivity contribution >= 4 is 74.9 Å². The summed E-state index contributed by atoms with van der Waals surface area (Å²) in [5.74, 6) is 0.728. The molecular formula is C44H40Cl4N2O4. The number of cyclic esters (lactones) is 1. The molecule has 0 saturated heterocycles. The van der Waals surface area contributed by atoms with Crippen molar-refractivity contribution in [2.45, 2.75) is 19.4 Å². The molecule has 5 aromatic rings. The first-order valence-corrected chi connectivity index (χ1v) is 18.6. The molecule has 0 aromatic heterocycles. The van der Waals surface area contributed by atoms with Crippen molar-refractivity contribution in [2.75, 3.05) is 52.2 Å². The highest BCUT2D eigenvalue weighted by Crippen LogP contribution is 2.54. The molecule has 0 spiro atoms. The fourth-order valence-electron chi connectivity index (χ4n) is 6.76. The van der Waals surface area contributed by atoms with Crippen molar-refractivity contribution in [3.05, 3.63) is 162 Å². The molecule has 0 saturated carbocycles. The average molecular weight is 803 g/mol. The maximum atomic E-state index is 14.2. The molecule has 0 unspecified atom stereocenters. The van der Waals surface area contributed by atoms with Gasteiger partial charge in [0.1, 0.15) is 11.5 Å². The van der Waals surface area contributed by atoms with Gasteiger partial charge in [-0.3, -0.25) is 0 Å². The summed E-state index contributed by atoms with van der Waals surface area (Å²) < 4.78 is 17.7. The first-order chi connectivity index (χ1) is 25.7. The molecule has 6 rings (SSSR count). The number of nitrogens with zero attached hydrogens (tertiary/aromatic N) is 2. The van der Waals surface area contributed by atoms with Crippen molar-refractivity contribution < 1.29 is 19.0 Å². The van der Waals surface area contributed by atoms with Gasteiger partial charge < -0.3 is 24.0 Å². The summed E-state index contributed by atoms with van der Waals surface area (Å²) in [7, 11) is 11.2. The molecular weight excluding hydrogens is 762 g/mol. The lowest BCUT2D eigenvalue weighted by Crippen LogP contribution is -2.23. The van der Waals surface area contributed by atoms with Gasteiger partial charge in [-0.2, -0.15) is 0 Å². The Morgan fingerprint density at radius 2 is 1.02 bits per heavy atom. The zero-order valence-electron chi connectivity index (χ0n) is 31.3. The lowest BCUT2D eigenvalue weighted by Gasteiger charge is -2.28.